The van der Waals surface area contributed by atoms with Crippen molar-refractivity contribution < 1.29 is 9.59 Å². The first kappa shape index (κ1) is 19.7. The van der Waals surface area contributed by atoms with E-state index < -0.39 is 0 Å². The maximum atomic E-state index is 13.2. The quantitative estimate of drug-likeness (QED) is 0.786. The number of carbonyl (C=O) groups excluding carboxylic acids is 2. The van der Waals surface area contributed by atoms with Crippen LogP contribution in [0.5, 0.6) is 0 Å². The molecule has 6 rings (SSSR count). The third kappa shape index (κ3) is 3.77. The van der Waals surface area contributed by atoms with Crippen molar-refractivity contribution in [2.24, 2.45) is 23.5 Å². The van der Waals surface area contributed by atoms with E-state index in [0.717, 1.165) is 51.0 Å². The van der Waals surface area contributed by atoms with E-state index in [2.05, 4.69) is 27.5 Å². The molecule has 2 bridgehead atoms. The summed E-state index contributed by atoms with van der Waals surface area (Å²) in [5.74, 6) is 0.519. The summed E-state index contributed by atoms with van der Waals surface area (Å²) in [6.07, 6.45) is 11.4. The largest absolute Gasteiger partial charge is 0.369 e. The Hall–Kier alpha value is -2.22. The normalized spacial score (nSPS) is 31.7. The van der Waals surface area contributed by atoms with E-state index in [4.69, 9.17) is 5.73 Å². The molecule has 1 aliphatic carbocycles. The number of likely N-dealkylation sites (tertiary alicyclic amines) is 1. The maximum Gasteiger partial charge on any atom is 0.227 e. The van der Waals surface area contributed by atoms with Crippen LogP contribution in [0.25, 0.3) is 5.57 Å². The summed E-state index contributed by atoms with van der Waals surface area (Å²) >= 11 is 0. The minimum Gasteiger partial charge on any atom is -0.369 e. The highest BCUT2D eigenvalue weighted by molar-refractivity contribution is 5.81. The number of hydrogen-bond acceptors (Lipinski definition) is 5. The Morgan fingerprint density at radius 3 is 2.67 bits per heavy atom. The van der Waals surface area contributed by atoms with Crippen LogP contribution < -0.4 is 5.73 Å². The zero-order chi connectivity index (χ0) is 20.7. The van der Waals surface area contributed by atoms with Gasteiger partial charge in [0.2, 0.25) is 11.8 Å². The highest BCUT2D eigenvalue weighted by atomic mass is 16.2. The lowest BCUT2D eigenvalue weighted by Gasteiger charge is -2.50. The van der Waals surface area contributed by atoms with Gasteiger partial charge >= 0.3 is 0 Å². The smallest absolute Gasteiger partial charge is 0.227 e. The van der Waals surface area contributed by atoms with Gasteiger partial charge in [0, 0.05) is 31.6 Å². The Morgan fingerprint density at radius 2 is 2.00 bits per heavy atom. The van der Waals surface area contributed by atoms with Gasteiger partial charge in [-0.1, -0.05) is 11.3 Å². The molecule has 2 amide bonds. The van der Waals surface area contributed by atoms with Crippen molar-refractivity contribution in [3.63, 3.8) is 0 Å². The SMILES string of the molecule is NC(=O)C1CCN(C(=O)[C@H]2CN3CCC2C[C@@H]3Cn2cc(C3=CCCC3)nn2)CC1. The fraction of sp³-hybridized carbons (Fsp3) is 0.727. The summed E-state index contributed by atoms with van der Waals surface area (Å²) < 4.78 is 1.99. The molecule has 1 aromatic heterocycles. The predicted molar refractivity (Wildman–Crippen MR) is 112 cm³/mol. The number of primary amides is 1. The van der Waals surface area contributed by atoms with E-state index in [0.29, 0.717) is 37.9 Å². The van der Waals surface area contributed by atoms with Crippen molar-refractivity contribution in [3.8, 4) is 0 Å². The number of piperidine rings is 4. The Bertz CT molecular complexity index is 840. The van der Waals surface area contributed by atoms with Crippen LogP contribution in [0.1, 0.15) is 50.6 Å². The molecule has 8 nitrogen and oxygen atoms in total. The summed E-state index contributed by atoms with van der Waals surface area (Å²) in [4.78, 5) is 29.0. The molecular formula is C22H32N6O2. The Morgan fingerprint density at radius 1 is 1.17 bits per heavy atom. The summed E-state index contributed by atoms with van der Waals surface area (Å²) in [6.45, 7) is 4.08. The molecule has 4 aliphatic heterocycles. The van der Waals surface area contributed by atoms with E-state index >= 15 is 0 Å². The lowest BCUT2D eigenvalue weighted by molar-refractivity contribution is -0.146. The van der Waals surface area contributed by atoms with Crippen LogP contribution in [0, 0.1) is 17.8 Å². The van der Waals surface area contributed by atoms with Crippen molar-refractivity contribution in [2.45, 2.75) is 57.5 Å². The predicted octanol–water partition coefficient (Wildman–Crippen LogP) is 1.28. The van der Waals surface area contributed by atoms with Gasteiger partial charge in [0.1, 0.15) is 5.69 Å². The van der Waals surface area contributed by atoms with Crippen LogP contribution in [-0.2, 0) is 16.1 Å². The first-order chi connectivity index (χ1) is 14.6. The molecule has 5 heterocycles. The molecule has 30 heavy (non-hydrogen) atoms. The standard InChI is InChI=1S/C22H32N6O2/c23-21(29)16-5-8-26(9-6-16)22(30)19-13-27-10-7-17(19)11-18(27)12-28-14-20(24-25-28)15-3-1-2-4-15/h3,14,16-19H,1-2,4-13H2,(H2,23,29)/t17?,18-,19+/m1/s1. The molecule has 162 valence electrons. The molecule has 0 saturated carbocycles. The number of hydrogen-bond donors (Lipinski definition) is 1. The summed E-state index contributed by atoms with van der Waals surface area (Å²) in [6, 6.07) is 0.431. The van der Waals surface area contributed by atoms with E-state index in [9.17, 15) is 9.59 Å². The topological polar surface area (TPSA) is 97.3 Å². The second kappa shape index (κ2) is 8.13. The van der Waals surface area contributed by atoms with Gasteiger partial charge in [0.05, 0.1) is 18.7 Å². The molecule has 4 fully saturated rings. The molecule has 2 N–H and O–H groups in total. The Balaban J connectivity index is 1.18. The number of rotatable bonds is 5. The summed E-state index contributed by atoms with van der Waals surface area (Å²) in [5.41, 5.74) is 7.79. The van der Waals surface area contributed by atoms with Gasteiger partial charge < -0.3 is 10.6 Å². The zero-order valence-corrected chi connectivity index (χ0v) is 17.6. The molecular weight excluding hydrogens is 380 g/mol. The van der Waals surface area contributed by atoms with Gasteiger partial charge in [0.25, 0.3) is 0 Å². The number of allylic oxidation sites excluding steroid dienone is 2. The fourth-order valence-electron chi connectivity index (χ4n) is 5.88. The monoisotopic (exact) mass is 412 g/mol. The van der Waals surface area contributed by atoms with E-state index in [1.54, 1.807) is 0 Å². The summed E-state index contributed by atoms with van der Waals surface area (Å²) in [5, 5.41) is 8.75. The molecule has 4 saturated heterocycles. The van der Waals surface area contributed by atoms with Crippen molar-refractivity contribution in [2.75, 3.05) is 26.2 Å². The lowest BCUT2D eigenvalue weighted by Crippen LogP contribution is -2.59. The molecule has 4 atom stereocenters. The zero-order valence-electron chi connectivity index (χ0n) is 17.6. The molecule has 5 aliphatic rings. The van der Waals surface area contributed by atoms with E-state index in [1.165, 1.54) is 12.0 Å². The molecule has 0 aromatic carbocycles. The summed E-state index contributed by atoms with van der Waals surface area (Å²) in [7, 11) is 0. The molecule has 2 unspecified atom stereocenters. The van der Waals surface area contributed by atoms with Gasteiger partial charge in [-0.2, -0.15) is 0 Å². The third-order valence-electron chi connectivity index (χ3n) is 7.71. The van der Waals surface area contributed by atoms with E-state index in [-0.39, 0.29) is 23.7 Å². The molecule has 8 heteroatoms. The number of amides is 2. The average molecular weight is 413 g/mol. The van der Waals surface area contributed by atoms with Crippen molar-refractivity contribution in [1.82, 2.24) is 24.8 Å². The fourth-order valence-corrected chi connectivity index (χ4v) is 5.88. The van der Waals surface area contributed by atoms with E-state index in [1.807, 2.05) is 9.58 Å². The van der Waals surface area contributed by atoms with Crippen LogP contribution in [0.4, 0.5) is 0 Å². The molecule has 0 radical (unpaired) electrons. The van der Waals surface area contributed by atoms with Crippen LogP contribution in [-0.4, -0.2) is 68.8 Å². The van der Waals surface area contributed by atoms with Crippen molar-refractivity contribution in [3.05, 3.63) is 18.0 Å². The van der Waals surface area contributed by atoms with Crippen LogP contribution in [0.2, 0.25) is 0 Å². The van der Waals surface area contributed by atoms with Gasteiger partial charge in [-0.3, -0.25) is 19.2 Å². The minimum absolute atomic E-state index is 0.0717. The first-order valence-corrected chi connectivity index (χ1v) is 11.5. The maximum absolute atomic E-state index is 13.2. The first-order valence-electron chi connectivity index (χ1n) is 11.5. The highest BCUT2D eigenvalue weighted by Gasteiger charge is 2.45. The van der Waals surface area contributed by atoms with Crippen LogP contribution in [0.3, 0.4) is 0 Å². The van der Waals surface area contributed by atoms with Crippen LogP contribution >= 0.6 is 0 Å². The minimum atomic E-state index is -0.228. The van der Waals surface area contributed by atoms with Gasteiger partial charge in [-0.15, -0.1) is 5.10 Å². The number of carbonyl (C=O) groups is 2. The van der Waals surface area contributed by atoms with Gasteiger partial charge in [0.15, 0.2) is 0 Å². The average Bonchev–Trinajstić information content (AvgIpc) is 3.46. The number of aromatic nitrogens is 3. The lowest BCUT2D eigenvalue weighted by atomic mass is 9.74. The number of fused-ring (bicyclic) bond motifs is 3. The third-order valence-corrected chi connectivity index (χ3v) is 7.71. The highest BCUT2D eigenvalue weighted by Crippen LogP contribution is 2.38. The van der Waals surface area contributed by atoms with Crippen molar-refractivity contribution >= 4 is 17.4 Å². The Labute approximate surface area is 177 Å². The van der Waals surface area contributed by atoms with Crippen LogP contribution in [0.15, 0.2) is 12.3 Å². The molecule has 0 spiro atoms. The number of nitrogens with two attached hydrogens (primary N) is 1. The van der Waals surface area contributed by atoms with Gasteiger partial charge in [-0.05, 0) is 63.0 Å². The second-order valence-electron chi connectivity index (χ2n) is 9.49. The number of nitrogens with zero attached hydrogens (tertiary/aromatic N) is 5. The van der Waals surface area contributed by atoms with Gasteiger partial charge in [-0.25, -0.2) is 0 Å². The molecule has 1 aromatic rings. The Kier molecular flexibility index (Phi) is 5.35. The second-order valence-corrected chi connectivity index (χ2v) is 9.49. The van der Waals surface area contributed by atoms with Crippen molar-refractivity contribution in [1.29, 1.82) is 0 Å².